The minimum Gasteiger partial charge on any atom is -0.465 e. The predicted octanol–water partition coefficient (Wildman–Crippen LogP) is 1.93. The average molecular weight is 256 g/mol. The van der Waals surface area contributed by atoms with E-state index < -0.39 is 0 Å². The number of rotatable bonds is 7. The first-order valence-corrected chi connectivity index (χ1v) is 6.86. The molecular weight excluding hydrogens is 236 g/mol. The van der Waals surface area contributed by atoms with E-state index in [0.717, 1.165) is 30.1 Å². The molecular formula is C12H20N2O2S. The standard InChI is InChI=1S/C12H20N2O2S/c1-4-11(12(15)16-5-2)13-7-6-10-8-17-9(3)14-10/h8,11,13H,4-7H2,1-3H3. The quantitative estimate of drug-likeness (QED) is 0.757. The number of thiazole rings is 1. The molecule has 4 nitrogen and oxygen atoms in total. The van der Waals surface area contributed by atoms with Crippen molar-refractivity contribution in [2.45, 2.75) is 39.7 Å². The van der Waals surface area contributed by atoms with Gasteiger partial charge in [0.15, 0.2) is 0 Å². The molecule has 0 radical (unpaired) electrons. The lowest BCUT2D eigenvalue weighted by Gasteiger charge is -2.14. The van der Waals surface area contributed by atoms with Crippen molar-refractivity contribution < 1.29 is 9.53 Å². The molecule has 96 valence electrons. The van der Waals surface area contributed by atoms with Crippen LogP contribution in [0.2, 0.25) is 0 Å². The van der Waals surface area contributed by atoms with Gasteiger partial charge in [-0.2, -0.15) is 0 Å². The Kier molecular flexibility index (Phi) is 6.15. The van der Waals surface area contributed by atoms with Crippen molar-refractivity contribution in [2.75, 3.05) is 13.2 Å². The summed E-state index contributed by atoms with van der Waals surface area (Å²) in [6.07, 6.45) is 1.59. The molecule has 1 atom stereocenters. The Labute approximate surface area is 106 Å². The van der Waals surface area contributed by atoms with Crippen LogP contribution in [-0.2, 0) is 16.0 Å². The van der Waals surface area contributed by atoms with Gasteiger partial charge in [-0.15, -0.1) is 11.3 Å². The van der Waals surface area contributed by atoms with Gasteiger partial charge in [-0.1, -0.05) is 6.92 Å². The number of hydrogen-bond donors (Lipinski definition) is 1. The lowest BCUT2D eigenvalue weighted by Crippen LogP contribution is -2.38. The molecule has 1 N–H and O–H groups in total. The third-order valence-electron chi connectivity index (χ3n) is 2.42. The number of aryl methyl sites for hydroxylation is 1. The number of nitrogens with one attached hydrogen (secondary N) is 1. The van der Waals surface area contributed by atoms with Gasteiger partial charge in [0.05, 0.1) is 17.3 Å². The van der Waals surface area contributed by atoms with Crippen LogP contribution in [0.25, 0.3) is 0 Å². The summed E-state index contributed by atoms with van der Waals surface area (Å²) < 4.78 is 4.99. The molecule has 0 amide bonds. The molecule has 0 spiro atoms. The highest BCUT2D eigenvalue weighted by Gasteiger charge is 2.16. The van der Waals surface area contributed by atoms with E-state index in [1.807, 2.05) is 20.8 Å². The molecule has 0 aliphatic heterocycles. The van der Waals surface area contributed by atoms with Crippen molar-refractivity contribution in [1.29, 1.82) is 0 Å². The van der Waals surface area contributed by atoms with Crippen LogP contribution in [0.4, 0.5) is 0 Å². The minimum atomic E-state index is -0.199. The van der Waals surface area contributed by atoms with Crippen LogP contribution in [0.1, 0.15) is 31.0 Å². The molecule has 17 heavy (non-hydrogen) atoms. The summed E-state index contributed by atoms with van der Waals surface area (Å²) in [5.74, 6) is -0.163. The van der Waals surface area contributed by atoms with Gasteiger partial charge in [-0.25, -0.2) is 4.98 Å². The van der Waals surface area contributed by atoms with Crippen molar-refractivity contribution in [3.05, 3.63) is 16.1 Å². The summed E-state index contributed by atoms with van der Waals surface area (Å²) in [4.78, 5) is 15.9. The van der Waals surface area contributed by atoms with Crippen LogP contribution in [0, 0.1) is 6.92 Å². The highest BCUT2D eigenvalue weighted by molar-refractivity contribution is 7.09. The second-order valence-electron chi connectivity index (χ2n) is 3.77. The normalized spacial score (nSPS) is 12.4. The van der Waals surface area contributed by atoms with Crippen LogP contribution in [0.15, 0.2) is 5.38 Å². The van der Waals surface area contributed by atoms with E-state index >= 15 is 0 Å². The van der Waals surface area contributed by atoms with Gasteiger partial charge in [-0.05, 0) is 20.3 Å². The largest absolute Gasteiger partial charge is 0.465 e. The molecule has 0 aromatic carbocycles. The van der Waals surface area contributed by atoms with Gasteiger partial charge in [0.25, 0.3) is 0 Å². The van der Waals surface area contributed by atoms with Gasteiger partial charge in [0.1, 0.15) is 6.04 Å². The van der Waals surface area contributed by atoms with Crippen molar-refractivity contribution in [3.8, 4) is 0 Å². The van der Waals surface area contributed by atoms with Crippen molar-refractivity contribution in [2.24, 2.45) is 0 Å². The van der Waals surface area contributed by atoms with E-state index in [2.05, 4.69) is 15.7 Å². The summed E-state index contributed by atoms with van der Waals surface area (Å²) in [5.41, 5.74) is 1.08. The van der Waals surface area contributed by atoms with Crippen molar-refractivity contribution in [1.82, 2.24) is 10.3 Å². The summed E-state index contributed by atoms with van der Waals surface area (Å²) in [5, 5.41) is 6.34. The third-order valence-corrected chi connectivity index (χ3v) is 3.24. The van der Waals surface area contributed by atoms with Gasteiger partial charge in [0.2, 0.25) is 0 Å². The second-order valence-corrected chi connectivity index (χ2v) is 4.84. The topological polar surface area (TPSA) is 51.2 Å². The lowest BCUT2D eigenvalue weighted by atomic mass is 10.2. The Morgan fingerprint density at radius 2 is 2.35 bits per heavy atom. The summed E-state index contributed by atoms with van der Waals surface area (Å²) in [7, 11) is 0. The number of nitrogens with zero attached hydrogens (tertiary/aromatic N) is 1. The Morgan fingerprint density at radius 1 is 1.59 bits per heavy atom. The van der Waals surface area contributed by atoms with E-state index in [1.165, 1.54) is 0 Å². The number of ether oxygens (including phenoxy) is 1. The predicted molar refractivity (Wildman–Crippen MR) is 69.3 cm³/mol. The minimum absolute atomic E-state index is 0.163. The second kappa shape index (κ2) is 7.40. The average Bonchev–Trinajstić information content (AvgIpc) is 2.71. The number of carbonyl (C=O) groups is 1. The maximum absolute atomic E-state index is 11.5. The molecule has 0 fully saturated rings. The van der Waals surface area contributed by atoms with Crippen LogP contribution in [-0.4, -0.2) is 30.1 Å². The molecule has 1 heterocycles. The molecule has 1 aromatic heterocycles. The van der Waals surface area contributed by atoms with E-state index in [4.69, 9.17) is 4.74 Å². The Balaban J connectivity index is 2.30. The zero-order chi connectivity index (χ0) is 12.7. The molecule has 0 saturated heterocycles. The number of carbonyl (C=O) groups excluding carboxylic acids is 1. The highest BCUT2D eigenvalue weighted by Crippen LogP contribution is 2.08. The smallest absolute Gasteiger partial charge is 0.323 e. The Bertz CT molecular complexity index is 352. The van der Waals surface area contributed by atoms with Crippen LogP contribution >= 0.6 is 11.3 Å². The lowest BCUT2D eigenvalue weighted by molar-refractivity contribution is -0.145. The number of esters is 1. The molecule has 0 bridgehead atoms. The Hall–Kier alpha value is -0.940. The fraction of sp³-hybridized carbons (Fsp3) is 0.667. The molecule has 1 aromatic rings. The van der Waals surface area contributed by atoms with Gasteiger partial charge in [0, 0.05) is 18.3 Å². The Morgan fingerprint density at radius 3 is 2.88 bits per heavy atom. The first kappa shape index (κ1) is 14.1. The molecule has 1 unspecified atom stereocenters. The molecule has 5 heteroatoms. The van der Waals surface area contributed by atoms with Gasteiger partial charge < -0.3 is 10.1 Å². The van der Waals surface area contributed by atoms with Crippen LogP contribution in [0.5, 0.6) is 0 Å². The van der Waals surface area contributed by atoms with Gasteiger partial charge in [-0.3, -0.25) is 4.79 Å². The van der Waals surface area contributed by atoms with E-state index in [9.17, 15) is 4.79 Å². The SMILES string of the molecule is CCOC(=O)C(CC)NCCc1csc(C)n1. The fourth-order valence-electron chi connectivity index (χ4n) is 1.53. The molecule has 0 saturated carbocycles. The first-order valence-electron chi connectivity index (χ1n) is 5.98. The summed E-state index contributed by atoms with van der Waals surface area (Å²) in [6, 6.07) is -0.199. The molecule has 0 aliphatic rings. The van der Waals surface area contributed by atoms with Gasteiger partial charge >= 0.3 is 5.97 Å². The zero-order valence-corrected chi connectivity index (χ0v) is 11.5. The van der Waals surface area contributed by atoms with Crippen molar-refractivity contribution >= 4 is 17.3 Å². The zero-order valence-electron chi connectivity index (χ0n) is 10.7. The molecule has 0 aliphatic carbocycles. The van der Waals surface area contributed by atoms with E-state index in [-0.39, 0.29) is 12.0 Å². The highest BCUT2D eigenvalue weighted by atomic mass is 32.1. The van der Waals surface area contributed by atoms with Crippen LogP contribution < -0.4 is 5.32 Å². The number of hydrogen-bond acceptors (Lipinski definition) is 5. The number of aromatic nitrogens is 1. The van der Waals surface area contributed by atoms with E-state index in [1.54, 1.807) is 11.3 Å². The summed E-state index contributed by atoms with van der Waals surface area (Å²) in [6.45, 7) is 6.97. The maximum atomic E-state index is 11.5. The fourth-order valence-corrected chi connectivity index (χ4v) is 2.18. The molecule has 1 rings (SSSR count). The summed E-state index contributed by atoms with van der Waals surface area (Å²) >= 11 is 1.65. The van der Waals surface area contributed by atoms with Crippen LogP contribution in [0.3, 0.4) is 0 Å². The third kappa shape index (κ3) is 4.83. The monoisotopic (exact) mass is 256 g/mol. The first-order chi connectivity index (χ1) is 8.17. The van der Waals surface area contributed by atoms with Crippen molar-refractivity contribution in [3.63, 3.8) is 0 Å². The van der Waals surface area contributed by atoms with E-state index in [0.29, 0.717) is 6.61 Å². The maximum Gasteiger partial charge on any atom is 0.323 e.